The van der Waals surface area contributed by atoms with E-state index >= 15 is 0 Å². The summed E-state index contributed by atoms with van der Waals surface area (Å²) in [4.78, 5) is 7.56. The highest BCUT2D eigenvalue weighted by molar-refractivity contribution is 7.98. The summed E-state index contributed by atoms with van der Waals surface area (Å²) in [7, 11) is 0. The number of phenols is 1. The van der Waals surface area contributed by atoms with Gasteiger partial charge in [0.25, 0.3) is 0 Å². The van der Waals surface area contributed by atoms with Gasteiger partial charge in [-0.3, -0.25) is 4.72 Å². The predicted molar refractivity (Wildman–Crippen MR) is 102 cm³/mol. The average molecular weight is 377 g/mol. The molecule has 0 aromatic heterocycles. The zero-order valence-corrected chi connectivity index (χ0v) is 14.9. The summed E-state index contributed by atoms with van der Waals surface area (Å²) in [5.74, 6) is 0.632. The van der Waals surface area contributed by atoms with E-state index in [1.54, 1.807) is 6.07 Å². The van der Waals surface area contributed by atoms with Gasteiger partial charge in [-0.1, -0.05) is 23.7 Å². The van der Waals surface area contributed by atoms with Crippen LogP contribution >= 0.6 is 23.5 Å². The van der Waals surface area contributed by atoms with Crippen molar-refractivity contribution >= 4 is 46.6 Å². The van der Waals surface area contributed by atoms with Crippen molar-refractivity contribution < 1.29 is 9.84 Å². The van der Waals surface area contributed by atoms with Crippen molar-refractivity contribution in [2.45, 2.75) is 4.90 Å². The second kappa shape index (κ2) is 7.03. The second-order valence-electron chi connectivity index (χ2n) is 5.68. The number of guanidine groups is 1. The summed E-state index contributed by atoms with van der Waals surface area (Å²) in [6.45, 7) is 3.17. The Morgan fingerprint density at radius 3 is 2.88 bits per heavy atom. The summed E-state index contributed by atoms with van der Waals surface area (Å²) >= 11 is 7.34. The van der Waals surface area contributed by atoms with Crippen molar-refractivity contribution in [2.75, 3.05) is 36.5 Å². The van der Waals surface area contributed by atoms with Crippen LogP contribution in [0.5, 0.6) is 5.75 Å². The minimum absolute atomic E-state index is 0.0669. The number of phenolic OH excluding ortho intramolecular Hbond substituents is 1. The van der Waals surface area contributed by atoms with Gasteiger partial charge >= 0.3 is 0 Å². The van der Waals surface area contributed by atoms with Crippen molar-refractivity contribution in [3.8, 4) is 5.75 Å². The lowest BCUT2D eigenvalue weighted by molar-refractivity contribution is 0.123. The molecule has 1 saturated heterocycles. The molecule has 4 rings (SSSR count). The molecule has 3 N–H and O–H groups in total. The lowest BCUT2D eigenvalue weighted by Gasteiger charge is -2.31. The molecular formula is C17H17ClN4O2S. The zero-order chi connectivity index (χ0) is 17.2. The molecule has 130 valence electrons. The predicted octanol–water partition coefficient (Wildman–Crippen LogP) is 3.59. The number of benzene rings is 2. The van der Waals surface area contributed by atoms with E-state index in [4.69, 9.17) is 16.3 Å². The van der Waals surface area contributed by atoms with E-state index in [1.807, 2.05) is 18.2 Å². The number of aromatic hydroxyl groups is 1. The van der Waals surface area contributed by atoms with E-state index in [9.17, 15) is 5.11 Å². The highest BCUT2D eigenvalue weighted by Crippen LogP contribution is 2.41. The number of anilines is 2. The number of fused-ring (bicyclic) bond motifs is 1. The standard InChI is InChI=1S/C17H17ClN4O2S/c18-11-9-14(23)16-15(10-11)25-21-17(20-16)19-12-3-1-2-4-13(12)22-5-7-24-8-6-22/h1-4,9-10,23H,5-8H2,(H2,19,20,21). The van der Waals surface area contributed by atoms with Crippen LogP contribution in [-0.2, 0) is 4.74 Å². The van der Waals surface area contributed by atoms with Crippen molar-refractivity contribution in [1.82, 2.24) is 4.72 Å². The largest absolute Gasteiger partial charge is 0.506 e. The molecule has 1 fully saturated rings. The topological polar surface area (TPSA) is 69.1 Å². The maximum atomic E-state index is 10.1. The Morgan fingerprint density at radius 1 is 1.24 bits per heavy atom. The average Bonchev–Trinajstić information content (AvgIpc) is 2.63. The number of morpholine rings is 1. The molecule has 0 saturated carbocycles. The smallest absolute Gasteiger partial charge is 0.211 e. The summed E-state index contributed by atoms with van der Waals surface area (Å²) in [6, 6.07) is 11.4. The van der Waals surface area contributed by atoms with Crippen LogP contribution in [-0.4, -0.2) is 37.4 Å². The van der Waals surface area contributed by atoms with Gasteiger partial charge in [-0.2, -0.15) is 0 Å². The Balaban J connectivity index is 1.61. The molecule has 2 aliphatic rings. The highest BCUT2D eigenvalue weighted by atomic mass is 35.5. The highest BCUT2D eigenvalue weighted by Gasteiger charge is 2.19. The van der Waals surface area contributed by atoms with E-state index in [2.05, 4.69) is 26.0 Å². The van der Waals surface area contributed by atoms with Crippen LogP contribution in [0.2, 0.25) is 5.02 Å². The van der Waals surface area contributed by atoms with Crippen LogP contribution in [0.15, 0.2) is 46.3 Å². The van der Waals surface area contributed by atoms with Gasteiger partial charge in [0.15, 0.2) is 0 Å². The van der Waals surface area contributed by atoms with Crippen LogP contribution in [0, 0.1) is 0 Å². The summed E-state index contributed by atoms with van der Waals surface area (Å²) < 4.78 is 8.58. The number of rotatable bonds is 2. The second-order valence-corrected chi connectivity index (χ2v) is 6.96. The van der Waals surface area contributed by atoms with Crippen LogP contribution in [0.25, 0.3) is 0 Å². The number of hydrogen-bond donors (Lipinski definition) is 3. The van der Waals surface area contributed by atoms with Gasteiger partial charge in [0.05, 0.1) is 29.5 Å². The molecule has 2 aromatic carbocycles. The minimum Gasteiger partial charge on any atom is -0.506 e. The van der Waals surface area contributed by atoms with E-state index in [0.717, 1.165) is 42.6 Å². The molecule has 0 atom stereocenters. The third kappa shape index (κ3) is 3.49. The van der Waals surface area contributed by atoms with Crippen LogP contribution in [0.4, 0.5) is 17.1 Å². The molecule has 0 radical (unpaired) electrons. The Bertz CT molecular complexity index is 824. The number of halogens is 1. The molecule has 0 spiro atoms. The van der Waals surface area contributed by atoms with Crippen molar-refractivity contribution in [3.63, 3.8) is 0 Å². The van der Waals surface area contributed by atoms with Crippen molar-refractivity contribution in [2.24, 2.45) is 4.99 Å². The molecule has 0 bridgehead atoms. The van der Waals surface area contributed by atoms with E-state index < -0.39 is 0 Å². The first-order valence-electron chi connectivity index (χ1n) is 7.93. The van der Waals surface area contributed by atoms with Crippen molar-refractivity contribution in [3.05, 3.63) is 41.4 Å². The minimum atomic E-state index is 0.0669. The number of hydrogen-bond acceptors (Lipinski definition) is 7. The Hall–Kier alpha value is -2.09. The zero-order valence-electron chi connectivity index (χ0n) is 13.3. The third-order valence-corrected chi connectivity index (χ3v) is 5.05. The van der Waals surface area contributed by atoms with Crippen LogP contribution < -0.4 is 14.9 Å². The maximum Gasteiger partial charge on any atom is 0.211 e. The van der Waals surface area contributed by atoms with Crippen LogP contribution in [0.1, 0.15) is 0 Å². The van der Waals surface area contributed by atoms with Gasteiger partial charge in [-0.05, 0) is 30.1 Å². The normalized spacial score (nSPS) is 16.7. The van der Waals surface area contributed by atoms with Crippen molar-refractivity contribution in [1.29, 1.82) is 0 Å². The molecule has 0 unspecified atom stereocenters. The van der Waals surface area contributed by atoms with Gasteiger partial charge in [0.2, 0.25) is 5.96 Å². The van der Waals surface area contributed by atoms with Gasteiger partial charge in [-0.25, -0.2) is 4.99 Å². The lowest BCUT2D eigenvalue weighted by Crippen LogP contribution is -2.37. The number of nitrogens with one attached hydrogen (secondary N) is 2. The molecular weight excluding hydrogens is 360 g/mol. The first-order valence-corrected chi connectivity index (χ1v) is 9.13. The number of nitrogens with zero attached hydrogens (tertiary/aromatic N) is 2. The van der Waals surface area contributed by atoms with E-state index in [1.165, 1.54) is 18.0 Å². The fraction of sp³-hybridized carbons (Fsp3) is 0.235. The lowest BCUT2D eigenvalue weighted by atomic mass is 10.2. The number of para-hydroxylation sites is 2. The summed E-state index contributed by atoms with van der Waals surface area (Å²) in [6.07, 6.45) is 0. The van der Waals surface area contributed by atoms with E-state index in [0.29, 0.717) is 16.7 Å². The molecule has 0 aliphatic carbocycles. The molecule has 8 heteroatoms. The molecule has 0 amide bonds. The Labute approximate surface area is 155 Å². The van der Waals surface area contributed by atoms with Gasteiger partial charge in [0.1, 0.15) is 11.4 Å². The molecule has 2 aliphatic heterocycles. The van der Waals surface area contributed by atoms with Crippen LogP contribution in [0.3, 0.4) is 0 Å². The fourth-order valence-corrected chi connectivity index (χ4v) is 3.84. The monoisotopic (exact) mass is 376 g/mol. The first kappa shape index (κ1) is 16.4. The maximum absolute atomic E-state index is 10.1. The molecule has 25 heavy (non-hydrogen) atoms. The van der Waals surface area contributed by atoms with E-state index in [-0.39, 0.29) is 5.75 Å². The Morgan fingerprint density at radius 2 is 2.04 bits per heavy atom. The van der Waals surface area contributed by atoms with Gasteiger partial charge in [-0.15, -0.1) is 0 Å². The van der Waals surface area contributed by atoms with Gasteiger partial charge < -0.3 is 20.1 Å². The SMILES string of the molecule is Oc1cc(Cl)cc2c1N=C(Nc1ccccc1N1CCOCC1)NS2. The number of aliphatic imine (C=N–C) groups is 1. The quantitative estimate of drug-likeness (QED) is 0.696. The molecule has 2 aromatic rings. The fourth-order valence-electron chi connectivity index (χ4n) is 2.83. The summed E-state index contributed by atoms with van der Waals surface area (Å²) in [5.41, 5.74) is 2.57. The number of ether oxygens (including phenoxy) is 1. The first-order chi connectivity index (χ1) is 12.2. The van der Waals surface area contributed by atoms with Gasteiger partial charge in [0, 0.05) is 24.2 Å². The Kier molecular flexibility index (Phi) is 4.61. The molecule has 6 nitrogen and oxygen atoms in total. The third-order valence-electron chi connectivity index (χ3n) is 4.01. The molecule has 2 heterocycles. The summed E-state index contributed by atoms with van der Waals surface area (Å²) in [5, 5.41) is 13.9.